The summed E-state index contributed by atoms with van der Waals surface area (Å²) < 4.78 is 32.9. The molecule has 0 amide bonds. The fourth-order valence-electron chi connectivity index (χ4n) is 3.30. The highest BCUT2D eigenvalue weighted by molar-refractivity contribution is 7.88. The first-order chi connectivity index (χ1) is 13.8. The molecule has 3 heterocycles. The lowest BCUT2D eigenvalue weighted by Crippen LogP contribution is -2.13. The van der Waals surface area contributed by atoms with Crippen molar-refractivity contribution >= 4 is 21.5 Å². The van der Waals surface area contributed by atoms with Gasteiger partial charge in [0, 0.05) is 34.1 Å². The van der Waals surface area contributed by atoms with E-state index in [4.69, 9.17) is 0 Å². The Kier molecular flexibility index (Phi) is 6.66. The van der Waals surface area contributed by atoms with E-state index in [1.165, 1.54) is 5.56 Å². The second-order valence-corrected chi connectivity index (χ2v) is 9.68. The van der Waals surface area contributed by atoms with Gasteiger partial charge in [0.25, 0.3) is 5.56 Å². The highest BCUT2D eigenvalue weighted by Crippen LogP contribution is 2.37. The first-order valence-electron chi connectivity index (χ1n) is 9.52. The van der Waals surface area contributed by atoms with Crippen molar-refractivity contribution in [2.24, 2.45) is 0 Å². The van der Waals surface area contributed by atoms with Gasteiger partial charge in [0.1, 0.15) is 4.21 Å². The van der Waals surface area contributed by atoms with Gasteiger partial charge in [-0.3, -0.25) is 14.3 Å². The van der Waals surface area contributed by atoms with Gasteiger partial charge in [-0.25, -0.2) is 0 Å². The molecule has 0 aliphatic rings. The molecular weight excluding hydrogens is 408 g/mol. The molecule has 6 nitrogen and oxygen atoms in total. The van der Waals surface area contributed by atoms with Gasteiger partial charge in [-0.15, -0.1) is 11.3 Å². The molecule has 0 aromatic carbocycles. The van der Waals surface area contributed by atoms with E-state index in [2.05, 4.69) is 9.97 Å². The summed E-state index contributed by atoms with van der Waals surface area (Å²) >= 11 is 1.04. The highest BCUT2D eigenvalue weighted by atomic mass is 32.3. The van der Waals surface area contributed by atoms with Gasteiger partial charge in [-0.1, -0.05) is 13.0 Å². The molecule has 0 spiro atoms. The summed E-state index contributed by atoms with van der Waals surface area (Å²) in [6.07, 6.45) is 7.56. The van der Waals surface area contributed by atoms with Crippen molar-refractivity contribution in [3.63, 3.8) is 0 Å². The number of unbranched alkanes of at least 4 members (excludes halogenated alkanes) is 1. The van der Waals surface area contributed by atoms with Crippen molar-refractivity contribution in [1.29, 1.82) is 0 Å². The summed E-state index contributed by atoms with van der Waals surface area (Å²) in [7, 11) is -4.28. The van der Waals surface area contributed by atoms with Crippen molar-refractivity contribution in [1.82, 2.24) is 9.97 Å². The zero-order valence-electron chi connectivity index (χ0n) is 16.4. The maximum Gasteiger partial charge on any atom is 0.304 e. The lowest BCUT2D eigenvalue weighted by Gasteiger charge is -2.09. The molecule has 0 saturated carbocycles. The lowest BCUT2D eigenvalue weighted by atomic mass is 10.0. The molecule has 3 aromatic heterocycles. The lowest BCUT2D eigenvalue weighted by molar-refractivity contribution is 0.485. The minimum atomic E-state index is -4.28. The van der Waals surface area contributed by atoms with Crippen molar-refractivity contribution < 1.29 is 13.0 Å². The van der Waals surface area contributed by atoms with Crippen LogP contribution in [0, 0.1) is 6.92 Å². The van der Waals surface area contributed by atoms with Gasteiger partial charge in [0.2, 0.25) is 0 Å². The van der Waals surface area contributed by atoms with Gasteiger partial charge in [-0.2, -0.15) is 8.42 Å². The number of rotatable bonds is 8. The molecule has 0 unspecified atom stereocenters. The van der Waals surface area contributed by atoms with E-state index >= 15 is 0 Å². The Balaban J connectivity index is 1.89. The zero-order chi connectivity index (χ0) is 21.0. The molecule has 0 bridgehead atoms. The van der Waals surface area contributed by atoms with Gasteiger partial charge in [0.05, 0.1) is 0 Å². The summed E-state index contributed by atoms with van der Waals surface area (Å²) in [4.78, 5) is 19.8. The van der Waals surface area contributed by atoms with Crippen LogP contribution in [0.15, 0.2) is 45.7 Å². The van der Waals surface area contributed by atoms with Crippen LogP contribution in [0.3, 0.4) is 0 Å². The van der Waals surface area contributed by atoms with Crippen LogP contribution in [0.5, 0.6) is 0 Å². The predicted molar refractivity (Wildman–Crippen MR) is 115 cm³/mol. The average Bonchev–Trinajstić information content (AvgIpc) is 3.11. The van der Waals surface area contributed by atoms with Crippen molar-refractivity contribution in [2.75, 3.05) is 0 Å². The fourth-order valence-corrected chi connectivity index (χ4v) is 5.28. The standard InChI is InChI=1S/C21H24N2O4S2/c1-3-16-11-18(14(2)23-21(16)24)20-17(12-19(28-20)29(25,26)27)9-5-4-7-15-8-6-10-22-13-15/h6,8,10-13H,3-5,7,9H2,1-2H3,(H,23,24)(H,25,26,27). The Hall–Kier alpha value is -2.29. The molecule has 2 N–H and O–H groups in total. The molecule has 0 fully saturated rings. The quantitative estimate of drug-likeness (QED) is 0.411. The molecule has 8 heteroatoms. The van der Waals surface area contributed by atoms with Crippen molar-refractivity contribution in [2.45, 2.75) is 50.2 Å². The molecule has 29 heavy (non-hydrogen) atoms. The minimum absolute atomic E-state index is 0.0709. The topological polar surface area (TPSA) is 100 Å². The molecule has 0 aliphatic heterocycles. The Morgan fingerprint density at radius 3 is 2.59 bits per heavy atom. The van der Waals surface area contributed by atoms with Crippen LogP contribution in [0.25, 0.3) is 10.4 Å². The Labute approximate surface area is 174 Å². The largest absolute Gasteiger partial charge is 0.326 e. The van der Waals surface area contributed by atoms with Crippen LogP contribution in [0.2, 0.25) is 0 Å². The predicted octanol–water partition coefficient (Wildman–Crippen LogP) is 4.18. The maximum atomic E-state index is 12.1. The fraction of sp³-hybridized carbons (Fsp3) is 0.333. The summed E-state index contributed by atoms with van der Waals surface area (Å²) in [5.74, 6) is 0. The molecule has 154 valence electrons. The van der Waals surface area contributed by atoms with Crippen molar-refractivity contribution in [3.05, 3.63) is 69.4 Å². The van der Waals surface area contributed by atoms with E-state index < -0.39 is 10.1 Å². The summed E-state index contributed by atoms with van der Waals surface area (Å²) in [6.45, 7) is 3.70. The summed E-state index contributed by atoms with van der Waals surface area (Å²) in [5, 5.41) is 0. The number of aromatic amines is 1. The van der Waals surface area contributed by atoms with Gasteiger partial charge < -0.3 is 4.98 Å². The molecule has 0 aliphatic carbocycles. The van der Waals surface area contributed by atoms with Gasteiger partial charge in [0.15, 0.2) is 0 Å². The number of aryl methyl sites for hydroxylation is 4. The van der Waals surface area contributed by atoms with E-state index in [0.717, 1.165) is 46.6 Å². The number of aromatic nitrogens is 2. The number of thiophene rings is 1. The third kappa shape index (κ3) is 5.20. The van der Waals surface area contributed by atoms with E-state index in [0.29, 0.717) is 24.1 Å². The monoisotopic (exact) mass is 432 g/mol. The van der Waals surface area contributed by atoms with E-state index in [1.807, 2.05) is 31.3 Å². The van der Waals surface area contributed by atoms with E-state index in [-0.39, 0.29) is 9.77 Å². The normalized spacial score (nSPS) is 11.7. The third-order valence-corrected chi connectivity index (χ3v) is 7.38. The highest BCUT2D eigenvalue weighted by Gasteiger charge is 2.20. The number of nitrogens with one attached hydrogen (secondary N) is 1. The molecule has 0 saturated heterocycles. The molecule has 3 aromatic rings. The maximum absolute atomic E-state index is 12.1. The first-order valence-corrected chi connectivity index (χ1v) is 11.8. The van der Waals surface area contributed by atoms with Crippen LogP contribution in [0.1, 0.15) is 42.1 Å². The van der Waals surface area contributed by atoms with Crippen LogP contribution in [-0.2, 0) is 29.4 Å². The second kappa shape index (κ2) is 9.02. The SMILES string of the molecule is CCc1cc(-c2sc(S(=O)(=O)O)cc2CCCCc2cccnc2)c(C)[nH]c1=O. The van der Waals surface area contributed by atoms with Gasteiger partial charge in [-0.05, 0) is 68.4 Å². The molecule has 0 radical (unpaired) electrons. The van der Waals surface area contributed by atoms with E-state index in [1.54, 1.807) is 19.2 Å². The smallest absolute Gasteiger partial charge is 0.304 e. The van der Waals surface area contributed by atoms with Crippen LogP contribution < -0.4 is 5.56 Å². The van der Waals surface area contributed by atoms with Crippen LogP contribution in [0.4, 0.5) is 0 Å². The number of hydrogen-bond donors (Lipinski definition) is 2. The Bertz CT molecular complexity index is 1150. The Morgan fingerprint density at radius 2 is 1.93 bits per heavy atom. The van der Waals surface area contributed by atoms with Crippen molar-refractivity contribution in [3.8, 4) is 10.4 Å². The number of nitrogens with zero attached hydrogens (tertiary/aromatic N) is 1. The first kappa shape index (κ1) is 21.4. The average molecular weight is 433 g/mol. The number of hydrogen-bond acceptors (Lipinski definition) is 5. The van der Waals surface area contributed by atoms with Crippen LogP contribution >= 0.6 is 11.3 Å². The van der Waals surface area contributed by atoms with Crippen LogP contribution in [-0.4, -0.2) is 22.9 Å². The van der Waals surface area contributed by atoms with E-state index in [9.17, 15) is 17.8 Å². The molecule has 0 atom stereocenters. The second-order valence-electron chi connectivity index (χ2n) is 6.98. The number of pyridine rings is 2. The third-order valence-electron chi connectivity index (χ3n) is 4.87. The van der Waals surface area contributed by atoms with Gasteiger partial charge >= 0.3 is 10.1 Å². The molecular formula is C21H24N2O4S2. The number of H-pyrrole nitrogens is 1. The Morgan fingerprint density at radius 1 is 1.17 bits per heavy atom. The minimum Gasteiger partial charge on any atom is -0.326 e. The zero-order valence-corrected chi connectivity index (χ0v) is 18.1. The summed E-state index contributed by atoms with van der Waals surface area (Å²) in [5.41, 5.74) is 4.05. The molecule has 3 rings (SSSR count). The summed E-state index contributed by atoms with van der Waals surface area (Å²) in [6, 6.07) is 7.33.